The van der Waals surface area contributed by atoms with E-state index in [0.717, 1.165) is 37.5 Å². The molecular formula is C21H29NO3S. The van der Waals surface area contributed by atoms with Crippen LogP contribution < -0.4 is 5.32 Å². The van der Waals surface area contributed by atoms with Gasteiger partial charge in [-0.1, -0.05) is 19.3 Å². The lowest BCUT2D eigenvalue weighted by atomic mass is 9.84. The predicted molar refractivity (Wildman–Crippen MR) is 102 cm³/mol. The molecule has 3 aliphatic carbocycles. The van der Waals surface area contributed by atoms with Crippen molar-refractivity contribution in [2.75, 3.05) is 0 Å². The molecule has 5 heteroatoms. The molecule has 2 bridgehead atoms. The van der Waals surface area contributed by atoms with Crippen LogP contribution in [0.4, 0.5) is 0 Å². The van der Waals surface area contributed by atoms with Crippen molar-refractivity contribution in [3.05, 3.63) is 29.8 Å². The maximum atomic E-state index is 12.6. The van der Waals surface area contributed by atoms with Gasteiger partial charge in [0.1, 0.15) is 0 Å². The van der Waals surface area contributed by atoms with Gasteiger partial charge in [-0.25, -0.2) is 8.42 Å². The highest BCUT2D eigenvalue weighted by atomic mass is 32.2. The minimum absolute atomic E-state index is 0.0925. The first-order chi connectivity index (χ1) is 12.4. The van der Waals surface area contributed by atoms with Crippen molar-refractivity contribution in [3.8, 4) is 0 Å². The van der Waals surface area contributed by atoms with Crippen LogP contribution in [0.1, 0.15) is 68.6 Å². The number of rotatable bonds is 5. The molecule has 0 spiro atoms. The highest BCUT2D eigenvalue weighted by molar-refractivity contribution is 7.92. The summed E-state index contributed by atoms with van der Waals surface area (Å²) in [5.74, 6) is 2.14. The lowest BCUT2D eigenvalue weighted by Crippen LogP contribution is -2.40. The number of hydrogen-bond acceptors (Lipinski definition) is 3. The van der Waals surface area contributed by atoms with E-state index < -0.39 is 9.84 Å². The van der Waals surface area contributed by atoms with E-state index in [4.69, 9.17) is 0 Å². The van der Waals surface area contributed by atoms with Crippen LogP contribution in [0, 0.1) is 17.8 Å². The van der Waals surface area contributed by atoms with Crippen molar-refractivity contribution >= 4 is 15.7 Å². The van der Waals surface area contributed by atoms with Gasteiger partial charge in [-0.05, 0) is 81.0 Å². The second-order valence-corrected chi connectivity index (χ2v) is 10.8. The zero-order valence-corrected chi connectivity index (χ0v) is 16.3. The number of nitrogens with one attached hydrogen (secondary N) is 1. The molecule has 3 saturated carbocycles. The molecule has 1 aromatic carbocycles. The molecular weight excluding hydrogens is 346 g/mol. The number of amides is 1. The second kappa shape index (κ2) is 6.99. The largest absolute Gasteiger partial charge is 0.349 e. The Hall–Kier alpha value is -1.36. The number of carbonyl (C=O) groups is 1. The summed E-state index contributed by atoms with van der Waals surface area (Å²) in [6, 6.07) is 6.70. The molecule has 1 N–H and O–H groups in total. The van der Waals surface area contributed by atoms with Gasteiger partial charge in [0.15, 0.2) is 9.84 Å². The molecule has 0 saturated heterocycles. The normalized spacial score (nSPS) is 29.8. The Morgan fingerprint density at radius 3 is 2.31 bits per heavy atom. The summed E-state index contributed by atoms with van der Waals surface area (Å²) in [4.78, 5) is 12.9. The number of fused-ring (bicyclic) bond motifs is 2. The number of hydrogen-bond donors (Lipinski definition) is 1. The topological polar surface area (TPSA) is 63.2 Å². The molecule has 142 valence electrons. The van der Waals surface area contributed by atoms with Crippen molar-refractivity contribution in [2.24, 2.45) is 17.8 Å². The van der Waals surface area contributed by atoms with Gasteiger partial charge in [0, 0.05) is 11.6 Å². The van der Waals surface area contributed by atoms with Crippen LogP contribution in [-0.4, -0.2) is 25.6 Å². The summed E-state index contributed by atoms with van der Waals surface area (Å²) < 4.78 is 25.3. The van der Waals surface area contributed by atoms with Crippen LogP contribution in [0.25, 0.3) is 0 Å². The second-order valence-electron chi connectivity index (χ2n) is 8.58. The van der Waals surface area contributed by atoms with Crippen molar-refractivity contribution in [1.29, 1.82) is 0 Å². The smallest absolute Gasteiger partial charge is 0.251 e. The summed E-state index contributed by atoms with van der Waals surface area (Å²) >= 11 is 0. The summed E-state index contributed by atoms with van der Waals surface area (Å²) in [7, 11) is -3.25. The van der Waals surface area contributed by atoms with Gasteiger partial charge in [-0.3, -0.25) is 4.79 Å². The van der Waals surface area contributed by atoms with Crippen molar-refractivity contribution < 1.29 is 13.2 Å². The molecule has 3 fully saturated rings. The van der Waals surface area contributed by atoms with E-state index >= 15 is 0 Å². The van der Waals surface area contributed by atoms with Gasteiger partial charge in [0.2, 0.25) is 0 Å². The summed E-state index contributed by atoms with van der Waals surface area (Å²) in [6.07, 6.45) is 8.74. The maximum Gasteiger partial charge on any atom is 0.251 e. The lowest BCUT2D eigenvalue weighted by molar-refractivity contribution is 0.0915. The van der Waals surface area contributed by atoms with E-state index in [-0.39, 0.29) is 17.2 Å². The van der Waals surface area contributed by atoms with Gasteiger partial charge in [-0.15, -0.1) is 0 Å². The highest BCUT2D eigenvalue weighted by Crippen LogP contribution is 2.49. The first kappa shape index (κ1) is 18.0. The highest BCUT2D eigenvalue weighted by Gasteiger charge is 2.42. The summed E-state index contributed by atoms with van der Waals surface area (Å²) in [5, 5.41) is 2.90. The molecule has 26 heavy (non-hydrogen) atoms. The third-order valence-corrected chi connectivity index (χ3v) is 9.26. The van der Waals surface area contributed by atoms with Crippen LogP contribution in [0.2, 0.25) is 0 Å². The van der Waals surface area contributed by atoms with E-state index in [0.29, 0.717) is 16.4 Å². The summed E-state index contributed by atoms with van der Waals surface area (Å²) in [6.45, 7) is 2.11. The van der Waals surface area contributed by atoms with Crippen molar-refractivity contribution in [1.82, 2.24) is 5.32 Å². The average molecular weight is 376 g/mol. The molecule has 1 aromatic rings. The number of benzene rings is 1. The minimum atomic E-state index is -3.25. The van der Waals surface area contributed by atoms with Gasteiger partial charge in [0.25, 0.3) is 5.91 Å². The molecule has 4 atom stereocenters. The van der Waals surface area contributed by atoms with Gasteiger partial charge >= 0.3 is 0 Å². The number of sulfone groups is 1. The van der Waals surface area contributed by atoms with E-state index in [1.807, 2.05) is 0 Å². The Kier molecular flexibility index (Phi) is 4.84. The van der Waals surface area contributed by atoms with Crippen LogP contribution in [0.5, 0.6) is 0 Å². The van der Waals surface area contributed by atoms with Crippen LogP contribution >= 0.6 is 0 Å². The minimum Gasteiger partial charge on any atom is -0.349 e. The van der Waals surface area contributed by atoms with Crippen molar-refractivity contribution in [3.63, 3.8) is 0 Å². The molecule has 1 amide bonds. The molecule has 0 radical (unpaired) electrons. The van der Waals surface area contributed by atoms with Crippen LogP contribution in [0.3, 0.4) is 0 Å². The van der Waals surface area contributed by atoms with Crippen LogP contribution in [0.15, 0.2) is 29.2 Å². The molecule has 3 aliphatic rings. The monoisotopic (exact) mass is 375 g/mol. The fourth-order valence-electron chi connectivity index (χ4n) is 5.49. The number of carbonyl (C=O) groups excluding carboxylic acids is 1. The Balaban J connectivity index is 1.41. The fourth-order valence-corrected chi connectivity index (χ4v) is 7.34. The van der Waals surface area contributed by atoms with Gasteiger partial charge in [-0.2, -0.15) is 0 Å². The third kappa shape index (κ3) is 3.30. The SMILES string of the molecule is C[C@@H](NC(=O)c1ccc(S(=O)(=O)C2CCCC2)cc1)[C@@H]1C[C@H]2CC[C@H]1C2. The Morgan fingerprint density at radius 2 is 1.73 bits per heavy atom. The quantitative estimate of drug-likeness (QED) is 0.847. The Bertz CT molecular complexity index is 765. The Labute approximate surface area is 156 Å². The third-order valence-electron chi connectivity index (χ3n) is 6.98. The van der Waals surface area contributed by atoms with E-state index in [1.54, 1.807) is 24.3 Å². The molecule has 4 rings (SSSR count). The predicted octanol–water partition coefficient (Wildman–Crippen LogP) is 3.96. The first-order valence-corrected chi connectivity index (χ1v) is 11.6. The molecule has 0 aromatic heterocycles. The van der Waals surface area contributed by atoms with E-state index in [2.05, 4.69) is 12.2 Å². The maximum absolute atomic E-state index is 12.6. The van der Waals surface area contributed by atoms with Crippen LogP contribution in [-0.2, 0) is 9.84 Å². The summed E-state index contributed by atoms with van der Waals surface area (Å²) in [5.41, 5.74) is 0.547. The molecule has 0 heterocycles. The molecule has 0 unspecified atom stereocenters. The standard InChI is InChI=1S/C21H29NO3S/c1-14(20-13-15-6-7-17(20)12-15)22-21(23)16-8-10-19(11-9-16)26(24,25)18-4-2-3-5-18/h8-11,14-15,17-18,20H,2-7,12-13H2,1H3,(H,22,23)/t14-,15+,17+,20+/m1/s1. The first-order valence-electron chi connectivity index (χ1n) is 10.1. The average Bonchev–Trinajstić information content (AvgIpc) is 3.39. The zero-order valence-electron chi connectivity index (χ0n) is 15.5. The Morgan fingerprint density at radius 1 is 1.04 bits per heavy atom. The van der Waals surface area contributed by atoms with Crippen molar-refractivity contribution in [2.45, 2.75) is 74.5 Å². The zero-order chi connectivity index (χ0) is 18.3. The van der Waals surface area contributed by atoms with E-state index in [1.165, 1.54) is 25.7 Å². The lowest BCUT2D eigenvalue weighted by Gasteiger charge is -2.28. The molecule has 0 aliphatic heterocycles. The van der Waals surface area contributed by atoms with E-state index in [9.17, 15) is 13.2 Å². The molecule has 4 nitrogen and oxygen atoms in total. The fraction of sp³-hybridized carbons (Fsp3) is 0.667. The van der Waals surface area contributed by atoms with Gasteiger partial charge < -0.3 is 5.32 Å². The van der Waals surface area contributed by atoms with Gasteiger partial charge in [0.05, 0.1) is 10.1 Å².